The second-order valence-electron chi connectivity index (χ2n) is 10.2. The Bertz CT molecular complexity index is 1480. The van der Waals surface area contributed by atoms with E-state index in [1.807, 2.05) is 0 Å². The monoisotopic (exact) mass is 582 g/mol. The number of pyridine rings is 1. The van der Waals surface area contributed by atoms with Gasteiger partial charge in [-0.2, -0.15) is 4.98 Å². The maximum atomic E-state index is 14.0. The lowest BCUT2D eigenvalue weighted by Crippen LogP contribution is -2.59. The minimum Gasteiger partial charge on any atom is -0.497 e. The maximum absolute atomic E-state index is 14.0. The third kappa shape index (κ3) is 6.32. The molecule has 2 aromatic heterocycles. The van der Waals surface area contributed by atoms with Crippen LogP contribution in [-0.4, -0.2) is 85.0 Å². The highest BCUT2D eigenvalue weighted by Gasteiger charge is 2.28. The molecule has 1 aromatic carbocycles. The van der Waals surface area contributed by atoms with Gasteiger partial charge in [0.2, 0.25) is 11.9 Å². The number of carbonyl (C=O) groups is 1. The van der Waals surface area contributed by atoms with E-state index in [-0.39, 0.29) is 17.5 Å². The number of fused-ring (bicyclic) bond motifs is 1. The number of nitrogens with one attached hydrogen (secondary N) is 2. The van der Waals surface area contributed by atoms with E-state index < -0.39 is 0 Å². The Morgan fingerprint density at radius 2 is 2.05 bits per heavy atom. The number of carbonyl (C=O) groups excluding carboxylic acids is 1. The van der Waals surface area contributed by atoms with Gasteiger partial charge >= 0.3 is 0 Å². The number of methoxy groups -OCH3 is 2. The van der Waals surface area contributed by atoms with Crippen LogP contribution in [0.1, 0.15) is 12.8 Å². The van der Waals surface area contributed by atoms with Crippen molar-refractivity contribution >= 4 is 34.5 Å². The van der Waals surface area contributed by atoms with Gasteiger partial charge in [-0.25, -0.2) is 4.98 Å². The summed E-state index contributed by atoms with van der Waals surface area (Å²) in [5.74, 6) is 1.83. The summed E-state index contributed by atoms with van der Waals surface area (Å²) >= 11 is 6.68. The van der Waals surface area contributed by atoms with Crippen LogP contribution in [0.2, 0.25) is 5.02 Å². The van der Waals surface area contributed by atoms with E-state index >= 15 is 0 Å². The van der Waals surface area contributed by atoms with Gasteiger partial charge < -0.3 is 29.7 Å². The Labute approximate surface area is 243 Å². The number of hydrogen-bond donors (Lipinski definition) is 2. The minimum absolute atomic E-state index is 0.0826. The zero-order chi connectivity index (χ0) is 28.9. The molecule has 0 aliphatic carbocycles. The fraction of sp³-hybridized carbons (Fsp3) is 0.448. The lowest BCUT2D eigenvalue weighted by Gasteiger charge is -2.39. The molecule has 3 aromatic rings. The van der Waals surface area contributed by atoms with E-state index in [0.717, 1.165) is 26.1 Å². The molecule has 41 heavy (non-hydrogen) atoms. The lowest BCUT2D eigenvalue weighted by atomic mass is 10.0. The SMILES string of the molecule is C=CC(=O)N1CC(NCCn2c(=O)c(-c3cc(OC)cc(OC)c3Cl)cc3cnc(NCCC4CCOC4)nc32)C1. The van der Waals surface area contributed by atoms with E-state index in [0.29, 0.717) is 83.3 Å². The highest BCUT2D eigenvalue weighted by molar-refractivity contribution is 6.35. The molecule has 1 amide bonds. The predicted molar refractivity (Wildman–Crippen MR) is 158 cm³/mol. The van der Waals surface area contributed by atoms with Crippen LogP contribution < -0.4 is 25.7 Å². The van der Waals surface area contributed by atoms with E-state index in [4.69, 9.17) is 30.8 Å². The summed E-state index contributed by atoms with van der Waals surface area (Å²) in [6, 6.07) is 5.30. The van der Waals surface area contributed by atoms with Crippen LogP contribution in [0.25, 0.3) is 22.2 Å². The molecule has 218 valence electrons. The number of likely N-dealkylation sites (tertiary alicyclic amines) is 1. The maximum Gasteiger partial charge on any atom is 0.260 e. The van der Waals surface area contributed by atoms with Crippen LogP contribution >= 0.6 is 11.6 Å². The van der Waals surface area contributed by atoms with E-state index in [9.17, 15) is 9.59 Å². The summed E-state index contributed by atoms with van der Waals surface area (Å²) in [5, 5.41) is 7.74. The summed E-state index contributed by atoms with van der Waals surface area (Å²) in [7, 11) is 3.06. The molecule has 4 heterocycles. The zero-order valence-corrected chi connectivity index (χ0v) is 24.1. The highest BCUT2D eigenvalue weighted by Crippen LogP contribution is 2.38. The van der Waals surface area contributed by atoms with Crippen LogP contribution in [-0.2, 0) is 16.1 Å². The van der Waals surface area contributed by atoms with Crippen LogP contribution in [0.5, 0.6) is 11.5 Å². The molecular formula is C29H35ClN6O5. The van der Waals surface area contributed by atoms with Gasteiger partial charge in [-0.3, -0.25) is 14.2 Å². The molecule has 2 aliphatic heterocycles. The largest absolute Gasteiger partial charge is 0.497 e. The smallest absolute Gasteiger partial charge is 0.260 e. The Morgan fingerprint density at radius 1 is 1.22 bits per heavy atom. The second-order valence-corrected chi connectivity index (χ2v) is 10.6. The number of benzene rings is 1. The molecule has 12 heteroatoms. The highest BCUT2D eigenvalue weighted by atomic mass is 35.5. The van der Waals surface area contributed by atoms with E-state index in [1.165, 1.54) is 13.2 Å². The quantitative estimate of drug-likeness (QED) is 0.311. The molecular weight excluding hydrogens is 548 g/mol. The molecule has 5 rings (SSSR count). The Hall–Kier alpha value is -3.67. The predicted octanol–water partition coefficient (Wildman–Crippen LogP) is 2.95. The van der Waals surface area contributed by atoms with Gasteiger partial charge in [-0.15, -0.1) is 0 Å². The summed E-state index contributed by atoms with van der Waals surface area (Å²) in [6.07, 6.45) is 5.05. The fourth-order valence-electron chi connectivity index (χ4n) is 5.18. The first-order valence-corrected chi connectivity index (χ1v) is 14.1. The fourth-order valence-corrected chi connectivity index (χ4v) is 5.46. The number of nitrogens with zero attached hydrogens (tertiary/aromatic N) is 4. The molecule has 0 saturated carbocycles. The van der Waals surface area contributed by atoms with Gasteiger partial charge in [0, 0.05) is 80.8 Å². The van der Waals surface area contributed by atoms with Crippen LogP contribution in [0.15, 0.2) is 41.8 Å². The minimum atomic E-state index is -0.249. The average molecular weight is 583 g/mol. The first-order valence-electron chi connectivity index (χ1n) is 13.7. The molecule has 2 fully saturated rings. The molecule has 2 N–H and O–H groups in total. The van der Waals surface area contributed by atoms with Crippen molar-refractivity contribution in [1.82, 2.24) is 24.8 Å². The van der Waals surface area contributed by atoms with Crippen LogP contribution in [0.3, 0.4) is 0 Å². The van der Waals surface area contributed by atoms with Gasteiger partial charge in [0.15, 0.2) is 0 Å². The molecule has 0 spiro atoms. The van der Waals surface area contributed by atoms with Crippen molar-refractivity contribution in [2.24, 2.45) is 5.92 Å². The van der Waals surface area contributed by atoms with Gasteiger partial charge in [0.1, 0.15) is 17.1 Å². The molecule has 2 saturated heterocycles. The van der Waals surface area contributed by atoms with Gasteiger partial charge in [-0.1, -0.05) is 18.2 Å². The Kier molecular flexibility index (Phi) is 9.06. The van der Waals surface area contributed by atoms with Gasteiger partial charge in [-0.05, 0) is 37.0 Å². The van der Waals surface area contributed by atoms with Crippen LogP contribution in [0, 0.1) is 5.92 Å². The standard InChI is InChI=1S/C29H35ClN6O5/c1-4-25(37)35-15-20(16-35)31-8-9-36-27-19(14-33-29(34-27)32-7-5-18-6-10-41-17-18)11-23(28(36)38)22-12-21(39-2)13-24(40-3)26(22)30/h4,11-14,18,20,31H,1,5-10,15-17H2,2-3H3,(H,32,33,34). The first-order chi connectivity index (χ1) is 19.9. The van der Waals surface area contributed by atoms with Gasteiger partial charge in [0.25, 0.3) is 5.56 Å². The topological polar surface area (TPSA) is 120 Å². The number of amides is 1. The third-order valence-electron chi connectivity index (χ3n) is 7.58. The Morgan fingerprint density at radius 3 is 2.76 bits per heavy atom. The van der Waals surface area contributed by atoms with Crippen molar-refractivity contribution in [3.63, 3.8) is 0 Å². The third-order valence-corrected chi connectivity index (χ3v) is 7.97. The number of halogens is 1. The van der Waals surface area contributed by atoms with Crippen molar-refractivity contribution in [2.45, 2.75) is 25.4 Å². The molecule has 11 nitrogen and oxygen atoms in total. The average Bonchev–Trinajstić information content (AvgIpc) is 3.48. The normalized spacial score (nSPS) is 17.0. The van der Waals surface area contributed by atoms with E-state index in [2.05, 4.69) is 22.2 Å². The number of hydrogen-bond acceptors (Lipinski definition) is 9. The van der Waals surface area contributed by atoms with Crippen molar-refractivity contribution < 1.29 is 19.0 Å². The summed E-state index contributed by atoms with van der Waals surface area (Å²) < 4.78 is 18.0. The number of anilines is 1. The van der Waals surface area contributed by atoms with Crippen LogP contribution in [0.4, 0.5) is 5.95 Å². The number of aromatic nitrogens is 3. The molecule has 1 unspecified atom stereocenters. The second kappa shape index (κ2) is 12.9. The lowest BCUT2D eigenvalue weighted by molar-refractivity contribution is -0.130. The van der Waals surface area contributed by atoms with E-state index in [1.54, 1.807) is 41.0 Å². The number of ether oxygens (including phenoxy) is 3. The number of rotatable bonds is 12. The van der Waals surface area contributed by atoms with Gasteiger partial charge in [0.05, 0.1) is 19.2 Å². The Balaban J connectivity index is 1.45. The van der Waals surface area contributed by atoms with Crippen molar-refractivity contribution in [3.05, 3.63) is 52.4 Å². The first kappa shape index (κ1) is 28.8. The summed E-state index contributed by atoms with van der Waals surface area (Å²) in [6.45, 7) is 7.90. The molecule has 1 atom stereocenters. The summed E-state index contributed by atoms with van der Waals surface area (Å²) in [5.41, 5.74) is 1.15. The van der Waals surface area contributed by atoms with Crippen molar-refractivity contribution in [3.8, 4) is 22.6 Å². The van der Waals surface area contributed by atoms with Crippen molar-refractivity contribution in [1.29, 1.82) is 0 Å². The molecule has 0 radical (unpaired) electrons. The summed E-state index contributed by atoms with van der Waals surface area (Å²) in [4.78, 5) is 36.8. The van der Waals surface area contributed by atoms with Crippen molar-refractivity contribution in [2.75, 3.05) is 58.9 Å². The molecule has 0 bridgehead atoms. The molecule has 2 aliphatic rings. The zero-order valence-electron chi connectivity index (χ0n) is 23.3.